The SMILES string of the molecule is O=C(O)COc1ccc(C2CC(c3ccc(Cl)cc3Cl)Nc3ccc(OC(F)(F)F)cc32)cc1. The normalized spacial score (nSPS) is 17.4. The molecule has 0 saturated carbocycles. The maximum Gasteiger partial charge on any atom is 0.573 e. The van der Waals surface area contributed by atoms with Crippen LogP contribution < -0.4 is 14.8 Å². The highest BCUT2D eigenvalue weighted by Gasteiger charge is 2.34. The minimum Gasteiger partial charge on any atom is -0.482 e. The number of fused-ring (bicyclic) bond motifs is 1. The van der Waals surface area contributed by atoms with E-state index in [-0.39, 0.29) is 17.7 Å². The van der Waals surface area contributed by atoms with Crippen LogP contribution in [0.5, 0.6) is 11.5 Å². The molecule has 0 saturated heterocycles. The number of rotatable bonds is 6. The Kier molecular flexibility index (Phi) is 6.81. The van der Waals surface area contributed by atoms with E-state index in [0.29, 0.717) is 33.5 Å². The molecule has 3 aromatic carbocycles. The number of alkyl halides is 3. The highest BCUT2D eigenvalue weighted by atomic mass is 35.5. The lowest BCUT2D eigenvalue weighted by atomic mass is 9.80. The van der Waals surface area contributed by atoms with Crippen LogP contribution in [-0.2, 0) is 4.79 Å². The first-order chi connectivity index (χ1) is 16.1. The van der Waals surface area contributed by atoms with Gasteiger partial charge in [-0.1, -0.05) is 41.4 Å². The quantitative estimate of drug-likeness (QED) is 0.371. The minimum absolute atomic E-state index is 0.236. The molecule has 178 valence electrons. The van der Waals surface area contributed by atoms with E-state index in [1.165, 1.54) is 12.1 Å². The molecule has 4 rings (SSSR count). The maximum atomic E-state index is 12.8. The molecule has 0 aliphatic carbocycles. The fourth-order valence-electron chi connectivity index (χ4n) is 4.01. The summed E-state index contributed by atoms with van der Waals surface area (Å²) in [7, 11) is 0. The van der Waals surface area contributed by atoms with Crippen molar-refractivity contribution in [3.8, 4) is 11.5 Å². The molecule has 0 bridgehead atoms. The van der Waals surface area contributed by atoms with Crippen LogP contribution in [0.1, 0.15) is 35.1 Å². The smallest absolute Gasteiger partial charge is 0.482 e. The van der Waals surface area contributed by atoms with Crippen LogP contribution >= 0.6 is 23.2 Å². The van der Waals surface area contributed by atoms with Gasteiger partial charge in [-0.15, -0.1) is 13.2 Å². The Morgan fingerprint density at radius 2 is 1.71 bits per heavy atom. The standard InChI is InChI=1S/C24H18Cl2F3NO4/c25-14-3-7-17(20(26)9-14)22-11-18(13-1-4-15(5-2-13)33-12-23(31)32)19-10-16(34-24(27,28)29)6-8-21(19)30-22/h1-10,18,22,30H,11-12H2,(H,31,32). The largest absolute Gasteiger partial charge is 0.573 e. The van der Waals surface area contributed by atoms with Crippen molar-refractivity contribution in [2.45, 2.75) is 24.7 Å². The van der Waals surface area contributed by atoms with Crippen LogP contribution in [0.4, 0.5) is 18.9 Å². The first-order valence-corrected chi connectivity index (χ1v) is 10.9. The minimum atomic E-state index is -4.81. The number of nitrogens with one attached hydrogen (secondary N) is 1. The predicted octanol–water partition coefficient (Wildman–Crippen LogP) is 7.04. The molecule has 2 unspecified atom stereocenters. The summed E-state index contributed by atoms with van der Waals surface area (Å²) in [6, 6.07) is 15.9. The van der Waals surface area contributed by atoms with Gasteiger partial charge in [-0.05, 0) is 65.6 Å². The van der Waals surface area contributed by atoms with Crippen molar-refractivity contribution in [2.24, 2.45) is 0 Å². The molecular formula is C24H18Cl2F3NO4. The van der Waals surface area contributed by atoms with Crippen LogP contribution in [-0.4, -0.2) is 24.0 Å². The molecule has 0 aromatic heterocycles. The summed E-state index contributed by atoms with van der Waals surface area (Å²) in [5.41, 5.74) is 2.89. The summed E-state index contributed by atoms with van der Waals surface area (Å²) in [5.74, 6) is -1.36. The van der Waals surface area contributed by atoms with Crippen molar-refractivity contribution in [3.05, 3.63) is 87.4 Å². The summed E-state index contributed by atoms with van der Waals surface area (Å²) >= 11 is 12.5. The molecule has 1 aliphatic heterocycles. The van der Waals surface area contributed by atoms with Gasteiger partial charge >= 0.3 is 12.3 Å². The highest BCUT2D eigenvalue weighted by molar-refractivity contribution is 6.35. The first-order valence-electron chi connectivity index (χ1n) is 10.1. The Morgan fingerprint density at radius 3 is 2.35 bits per heavy atom. The summed E-state index contributed by atoms with van der Waals surface area (Å²) in [6.07, 6.45) is -4.33. The van der Waals surface area contributed by atoms with Crippen LogP contribution in [0.25, 0.3) is 0 Å². The van der Waals surface area contributed by atoms with E-state index in [0.717, 1.165) is 11.1 Å². The lowest BCUT2D eigenvalue weighted by Gasteiger charge is -2.34. The Morgan fingerprint density at radius 1 is 1.00 bits per heavy atom. The Balaban J connectivity index is 1.71. The van der Waals surface area contributed by atoms with Gasteiger partial charge in [0.25, 0.3) is 0 Å². The van der Waals surface area contributed by atoms with E-state index >= 15 is 0 Å². The van der Waals surface area contributed by atoms with Gasteiger partial charge in [0.05, 0.1) is 6.04 Å². The molecular weight excluding hydrogens is 494 g/mol. The molecule has 0 fully saturated rings. The number of carbonyl (C=O) groups is 1. The first kappa shape index (κ1) is 24.0. The highest BCUT2D eigenvalue weighted by Crippen LogP contribution is 2.46. The summed E-state index contributed by atoms with van der Waals surface area (Å²) in [5, 5.41) is 13.1. The van der Waals surface area contributed by atoms with Gasteiger partial charge in [0.1, 0.15) is 11.5 Å². The van der Waals surface area contributed by atoms with Crippen molar-refractivity contribution >= 4 is 34.9 Å². The van der Waals surface area contributed by atoms with Gasteiger partial charge in [0.15, 0.2) is 6.61 Å². The number of carboxylic acids is 1. The summed E-state index contributed by atoms with van der Waals surface area (Å²) in [6.45, 7) is -0.481. The lowest BCUT2D eigenvalue weighted by Crippen LogP contribution is -2.23. The number of hydrogen-bond acceptors (Lipinski definition) is 4. The van der Waals surface area contributed by atoms with E-state index in [2.05, 4.69) is 10.1 Å². The average molecular weight is 512 g/mol. The second-order valence-corrected chi connectivity index (χ2v) is 8.54. The Labute approximate surface area is 203 Å². The zero-order valence-corrected chi connectivity index (χ0v) is 18.9. The number of anilines is 1. The number of ether oxygens (including phenoxy) is 2. The van der Waals surface area contributed by atoms with Crippen LogP contribution in [0, 0.1) is 0 Å². The monoisotopic (exact) mass is 511 g/mol. The third kappa shape index (κ3) is 5.69. The summed E-state index contributed by atoms with van der Waals surface area (Å²) < 4.78 is 47.7. The average Bonchev–Trinajstić information content (AvgIpc) is 2.76. The van der Waals surface area contributed by atoms with Crippen LogP contribution in [0.2, 0.25) is 10.0 Å². The van der Waals surface area contributed by atoms with Gasteiger partial charge in [-0.25, -0.2) is 4.79 Å². The second-order valence-electron chi connectivity index (χ2n) is 7.70. The number of benzene rings is 3. The summed E-state index contributed by atoms with van der Waals surface area (Å²) in [4.78, 5) is 10.7. The van der Waals surface area contributed by atoms with Gasteiger partial charge in [0.2, 0.25) is 0 Å². The molecule has 0 radical (unpaired) electrons. The third-order valence-corrected chi connectivity index (χ3v) is 5.98. The fourth-order valence-corrected chi connectivity index (χ4v) is 4.55. The molecule has 5 nitrogen and oxygen atoms in total. The lowest BCUT2D eigenvalue weighted by molar-refractivity contribution is -0.274. The molecule has 3 aromatic rings. The van der Waals surface area contributed by atoms with E-state index in [1.807, 2.05) is 6.07 Å². The number of halogens is 5. The maximum absolute atomic E-state index is 12.8. The fraction of sp³-hybridized carbons (Fsp3) is 0.208. The number of hydrogen-bond donors (Lipinski definition) is 2. The molecule has 1 heterocycles. The molecule has 34 heavy (non-hydrogen) atoms. The van der Waals surface area contributed by atoms with Gasteiger partial charge in [0, 0.05) is 21.7 Å². The zero-order chi connectivity index (χ0) is 24.5. The topological polar surface area (TPSA) is 67.8 Å². The predicted molar refractivity (Wildman–Crippen MR) is 122 cm³/mol. The van der Waals surface area contributed by atoms with Crippen molar-refractivity contribution < 1.29 is 32.5 Å². The molecule has 0 spiro atoms. The van der Waals surface area contributed by atoms with Gasteiger partial charge in [-0.3, -0.25) is 0 Å². The number of aliphatic carboxylic acids is 1. The number of carboxylic acid groups (broad SMARTS) is 1. The second kappa shape index (κ2) is 9.64. The molecule has 1 aliphatic rings. The molecule has 0 amide bonds. The molecule has 2 atom stereocenters. The molecule has 10 heteroatoms. The van der Waals surface area contributed by atoms with Crippen LogP contribution in [0.15, 0.2) is 60.7 Å². The van der Waals surface area contributed by atoms with E-state index in [9.17, 15) is 18.0 Å². The van der Waals surface area contributed by atoms with Gasteiger partial charge < -0.3 is 19.9 Å². The third-order valence-electron chi connectivity index (χ3n) is 5.42. The van der Waals surface area contributed by atoms with Crippen LogP contribution in [0.3, 0.4) is 0 Å². The van der Waals surface area contributed by atoms with E-state index in [1.54, 1.807) is 42.5 Å². The van der Waals surface area contributed by atoms with Gasteiger partial charge in [-0.2, -0.15) is 0 Å². The van der Waals surface area contributed by atoms with E-state index < -0.39 is 18.9 Å². The van der Waals surface area contributed by atoms with Crippen molar-refractivity contribution in [2.75, 3.05) is 11.9 Å². The molecule has 2 N–H and O–H groups in total. The van der Waals surface area contributed by atoms with E-state index in [4.69, 9.17) is 33.0 Å². The van der Waals surface area contributed by atoms with Crippen molar-refractivity contribution in [3.63, 3.8) is 0 Å². The zero-order valence-electron chi connectivity index (χ0n) is 17.4. The van der Waals surface area contributed by atoms with Crippen molar-refractivity contribution in [1.82, 2.24) is 0 Å². The Hall–Kier alpha value is -3.10. The Bertz CT molecular complexity index is 1200. The van der Waals surface area contributed by atoms with Crippen molar-refractivity contribution in [1.29, 1.82) is 0 Å².